The molecular formula is C22H31F4N3O2. The molecule has 9 heteroatoms. The second-order valence-corrected chi connectivity index (χ2v) is 8.47. The average molecular weight is 446 g/mol. The molecule has 0 aromatic heterocycles. The number of rotatable bonds is 7. The molecule has 3 rings (SSSR count). The fraction of sp³-hybridized carbons (Fsp3) is 0.682. The third-order valence-electron chi connectivity index (χ3n) is 6.34. The van der Waals surface area contributed by atoms with Crippen LogP contribution in [-0.4, -0.2) is 63.3 Å². The fourth-order valence-corrected chi connectivity index (χ4v) is 4.56. The SMILES string of the molecule is COCC(=O)NC1CCC(CCN2CCN(c3cccc(C(F)(F)F)c3F)CC2)CC1. The van der Waals surface area contributed by atoms with Crippen molar-refractivity contribution in [2.24, 2.45) is 5.92 Å². The minimum atomic E-state index is -4.69. The summed E-state index contributed by atoms with van der Waals surface area (Å²) >= 11 is 0. The minimum Gasteiger partial charge on any atom is -0.375 e. The molecule has 1 aliphatic carbocycles. The zero-order valence-electron chi connectivity index (χ0n) is 17.9. The molecule has 2 fully saturated rings. The van der Waals surface area contributed by atoms with Crippen LogP contribution in [0.15, 0.2) is 18.2 Å². The van der Waals surface area contributed by atoms with Crippen LogP contribution in [0, 0.1) is 11.7 Å². The Bertz CT molecular complexity index is 728. The number of benzene rings is 1. The van der Waals surface area contributed by atoms with E-state index in [9.17, 15) is 22.4 Å². The molecule has 1 saturated carbocycles. The van der Waals surface area contributed by atoms with E-state index in [1.165, 1.54) is 19.2 Å². The Balaban J connectivity index is 1.40. The second kappa shape index (κ2) is 10.6. The summed E-state index contributed by atoms with van der Waals surface area (Å²) in [5, 5.41) is 3.00. The number of carbonyl (C=O) groups is 1. The van der Waals surface area contributed by atoms with Crippen LogP contribution in [0.5, 0.6) is 0 Å². The Morgan fingerprint density at radius 2 is 1.81 bits per heavy atom. The molecule has 0 unspecified atom stereocenters. The lowest BCUT2D eigenvalue weighted by Gasteiger charge is -2.37. The highest BCUT2D eigenvalue weighted by Gasteiger charge is 2.36. The second-order valence-electron chi connectivity index (χ2n) is 8.47. The predicted molar refractivity (Wildman–Crippen MR) is 110 cm³/mol. The van der Waals surface area contributed by atoms with Crippen LogP contribution in [-0.2, 0) is 15.7 Å². The van der Waals surface area contributed by atoms with E-state index < -0.39 is 17.6 Å². The first-order chi connectivity index (χ1) is 14.8. The van der Waals surface area contributed by atoms with E-state index in [2.05, 4.69) is 10.2 Å². The quantitative estimate of drug-likeness (QED) is 0.651. The minimum absolute atomic E-state index is 0.0308. The van der Waals surface area contributed by atoms with Crippen molar-refractivity contribution in [2.45, 2.75) is 44.3 Å². The molecule has 1 heterocycles. The van der Waals surface area contributed by atoms with Gasteiger partial charge in [-0.05, 0) is 56.7 Å². The highest BCUT2D eigenvalue weighted by molar-refractivity contribution is 5.77. The van der Waals surface area contributed by atoms with Gasteiger partial charge in [0.1, 0.15) is 6.61 Å². The molecule has 31 heavy (non-hydrogen) atoms. The van der Waals surface area contributed by atoms with E-state index in [-0.39, 0.29) is 24.2 Å². The van der Waals surface area contributed by atoms with Crippen LogP contribution in [0.25, 0.3) is 0 Å². The lowest BCUT2D eigenvalue weighted by atomic mass is 9.84. The summed E-state index contributed by atoms with van der Waals surface area (Å²) in [7, 11) is 1.51. The van der Waals surface area contributed by atoms with Gasteiger partial charge in [0.15, 0.2) is 5.82 Å². The van der Waals surface area contributed by atoms with Gasteiger partial charge in [-0.15, -0.1) is 0 Å². The number of nitrogens with one attached hydrogen (secondary N) is 1. The molecule has 1 aromatic rings. The third-order valence-corrected chi connectivity index (χ3v) is 6.34. The molecule has 0 spiro atoms. The van der Waals surface area contributed by atoms with Crippen LogP contribution >= 0.6 is 0 Å². The molecule has 1 aromatic carbocycles. The molecule has 1 N–H and O–H groups in total. The third kappa shape index (κ3) is 6.55. The van der Waals surface area contributed by atoms with Gasteiger partial charge in [0.2, 0.25) is 5.91 Å². The molecule has 0 radical (unpaired) electrons. The molecule has 174 valence electrons. The monoisotopic (exact) mass is 445 g/mol. The van der Waals surface area contributed by atoms with Crippen LogP contribution in [0.4, 0.5) is 23.2 Å². The number of ether oxygens (including phenoxy) is 1. The topological polar surface area (TPSA) is 44.8 Å². The summed E-state index contributed by atoms with van der Waals surface area (Å²) in [6.07, 6.45) is 0.482. The Labute approximate surface area is 180 Å². The van der Waals surface area contributed by atoms with Gasteiger partial charge in [-0.2, -0.15) is 13.2 Å². The first-order valence-corrected chi connectivity index (χ1v) is 10.9. The van der Waals surface area contributed by atoms with Crippen molar-refractivity contribution in [3.8, 4) is 0 Å². The number of carbonyl (C=O) groups excluding carboxylic acids is 1. The maximum atomic E-state index is 14.4. The number of hydrogen-bond acceptors (Lipinski definition) is 4. The van der Waals surface area contributed by atoms with Gasteiger partial charge in [-0.25, -0.2) is 4.39 Å². The lowest BCUT2D eigenvalue weighted by molar-refractivity contribution is -0.140. The van der Waals surface area contributed by atoms with E-state index in [1.54, 1.807) is 4.90 Å². The summed E-state index contributed by atoms with van der Waals surface area (Å²) in [4.78, 5) is 15.6. The maximum absolute atomic E-state index is 14.4. The summed E-state index contributed by atoms with van der Waals surface area (Å²) < 4.78 is 58.1. The molecular weight excluding hydrogens is 414 g/mol. The smallest absolute Gasteiger partial charge is 0.375 e. The Morgan fingerprint density at radius 1 is 1.13 bits per heavy atom. The Morgan fingerprint density at radius 3 is 2.42 bits per heavy atom. The van der Waals surface area contributed by atoms with Gasteiger partial charge in [0.05, 0.1) is 11.3 Å². The molecule has 2 aliphatic rings. The van der Waals surface area contributed by atoms with Crippen LogP contribution < -0.4 is 10.2 Å². The number of anilines is 1. The zero-order chi connectivity index (χ0) is 22.4. The van der Waals surface area contributed by atoms with Gasteiger partial charge in [0, 0.05) is 39.3 Å². The number of hydrogen-bond donors (Lipinski definition) is 1. The highest BCUT2D eigenvalue weighted by atomic mass is 19.4. The first kappa shape index (κ1) is 23.8. The van der Waals surface area contributed by atoms with Crippen molar-refractivity contribution in [1.82, 2.24) is 10.2 Å². The van der Waals surface area contributed by atoms with Crippen molar-refractivity contribution >= 4 is 11.6 Å². The van der Waals surface area contributed by atoms with E-state index >= 15 is 0 Å². The lowest BCUT2D eigenvalue weighted by Crippen LogP contribution is -2.47. The molecule has 0 bridgehead atoms. The predicted octanol–water partition coefficient (Wildman–Crippen LogP) is 3.68. The zero-order valence-corrected chi connectivity index (χ0v) is 17.9. The van der Waals surface area contributed by atoms with Crippen LogP contribution in [0.1, 0.15) is 37.7 Å². The van der Waals surface area contributed by atoms with Crippen LogP contribution in [0.2, 0.25) is 0 Å². The van der Waals surface area contributed by atoms with Gasteiger partial charge in [0.25, 0.3) is 0 Å². The van der Waals surface area contributed by atoms with E-state index in [1.807, 2.05) is 0 Å². The molecule has 0 atom stereocenters. The summed E-state index contributed by atoms with van der Waals surface area (Å²) in [6.45, 7) is 3.46. The van der Waals surface area contributed by atoms with Crippen LogP contribution in [0.3, 0.4) is 0 Å². The molecule has 1 saturated heterocycles. The largest absolute Gasteiger partial charge is 0.419 e. The number of nitrogens with zero attached hydrogens (tertiary/aromatic N) is 2. The molecule has 1 aliphatic heterocycles. The number of halogens is 4. The van der Waals surface area contributed by atoms with Crippen molar-refractivity contribution in [3.63, 3.8) is 0 Å². The summed E-state index contributed by atoms with van der Waals surface area (Å²) in [5.74, 6) is -0.631. The van der Waals surface area contributed by atoms with Crippen molar-refractivity contribution in [2.75, 3.05) is 51.3 Å². The summed E-state index contributed by atoms with van der Waals surface area (Å²) in [5.41, 5.74) is -1.18. The van der Waals surface area contributed by atoms with Crippen molar-refractivity contribution in [1.29, 1.82) is 0 Å². The fourth-order valence-electron chi connectivity index (χ4n) is 4.56. The Hall–Kier alpha value is -1.87. The summed E-state index contributed by atoms with van der Waals surface area (Å²) in [6, 6.07) is 3.70. The number of piperazine rings is 1. The van der Waals surface area contributed by atoms with E-state index in [0.29, 0.717) is 32.1 Å². The van der Waals surface area contributed by atoms with Crippen molar-refractivity contribution in [3.05, 3.63) is 29.6 Å². The Kier molecular flexibility index (Phi) is 8.16. The normalized spacial score (nSPS) is 23.1. The number of methoxy groups -OCH3 is 1. The first-order valence-electron chi connectivity index (χ1n) is 10.9. The highest BCUT2D eigenvalue weighted by Crippen LogP contribution is 2.35. The molecule has 1 amide bonds. The van der Waals surface area contributed by atoms with Gasteiger partial charge < -0.3 is 15.0 Å². The van der Waals surface area contributed by atoms with Gasteiger partial charge >= 0.3 is 6.18 Å². The van der Waals surface area contributed by atoms with Gasteiger partial charge in [-0.1, -0.05) is 6.07 Å². The number of alkyl halides is 3. The van der Waals surface area contributed by atoms with E-state index in [4.69, 9.17) is 4.74 Å². The average Bonchev–Trinajstić information content (AvgIpc) is 2.73. The number of amides is 1. The van der Waals surface area contributed by atoms with E-state index in [0.717, 1.165) is 44.7 Å². The standard InChI is InChI=1S/C22H31F4N3O2/c1-31-15-20(30)27-17-7-5-16(6-8-17)9-10-28-11-13-29(14-12-28)19-4-2-3-18(21(19)23)22(24,25)26/h2-4,16-17H,5-15H2,1H3,(H,27,30). The maximum Gasteiger partial charge on any atom is 0.419 e. The van der Waals surface area contributed by atoms with Gasteiger partial charge in [-0.3, -0.25) is 9.69 Å². The molecule has 5 nitrogen and oxygen atoms in total. The van der Waals surface area contributed by atoms with Crippen molar-refractivity contribution < 1.29 is 27.1 Å².